The molecule has 5 heteroatoms. The maximum absolute atomic E-state index is 5.75. The standard InChI is InChI=1S/C14H26N4O/c1-5-11-7-6-8-18(10-11)13-17-16-12(19-13)9-15-14(2,3)4/h11,15H,5-10H2,1-4H3. The van der Waals surface area contributed by atoms with Gasteiger partial charge in [0.1, 0.15) is 0 Å². The summed E-state index contributed by atoms with van der Waals surface area (Å²) in [5.41, 5.74) is 0.0626. The Bertz CT molecular complexity index is 396. The number of nitrogens with zero attached hydrogens (tertiary/aromatic N) is 3. The van der Waals surface area contributed by atoms with Gasteiger partial charge in [0, 0.05) is 18.6 Å². The van der Waals surface area contributed by atoms with Gasteiger partial charge in [-0.25, -0.2) is 0 Å². The average Bonchev–Trinajstić information content (AvgIpc) is 2.84. The quantitative estimate of drug-likeness (QED) is 0.907. The molecule has 1 aliphatic heterocycles. The highest BCUT2D eigenvalue weighted by Gasteiger charge is 2.22. The van der Waals surface area contributed by atoms with E-state index in [1.165, 1.54) is 19.3 Å². The molecule has 0 amide bonds. The summed E-state index contributed by atoms with van der Waals surface area (Å²) in [6, 6.07) is 0.684. The predicted octanol–water partition coefficient (Wildman–Crippen LogP) is 2.58. The first-order valence-corrected chi connectivity index (χ1v) is 7.30. The van der Waals surface area contributed by atoms with Crippen LogP contribution in [0.15, 0.2) is 4.42 Å². The third kappa shape index (κ3) is 4.20. The van der Waals surface area contributed by atoms with Crippen LogP contribution in [-0.4, -0.2) is 28.8 Å². The van der Waals surface area contributed by atoms with Gasteiger partial charge in [0.05, 0.1) is 6.54 Å². The Labute approximate surface area is 115 Å². The van der Waals surface area contributed by atoms with Crippen molar-refractivity contribution in [1.82, 2.24) is 15.5 Å². The van der Waals surface area contributed by atoms with Crippen LogP contribution in [0.5, 0.6) is 0 Å². The molecule has 108 valence electrons. The van der Waals surface area contributed by atoms with Crippen LogP contribution in [0.2, 0.25) is 0 Å². The zero-order valence-corrected chi connectivity index (χ0v) is 12.6. The van der Waals surface area contributed by atoms with Gasteiger partial charge in [-0.15, -0.1) is 5.10 Å². The fraction of sp³-hybridized carbons (Fsp3) is 0.857. The van der Waals surface area contributed by atoms with Crippen molar-refractivity contribution in [3.05, 3.63) is 5.89 Å². The van der Waals surface area contributed by atoms with Crippen molar-refractivity contribution < 1.29 is 4.42 Å². The van der Waals surface area contributed by atoms with Gasteiger partial charge in [-0.2, -0.15) is 0 Å². The van der Waals surface area contributed by atoms with Gasteiger partial charge >= 0.3 is 6.01 Å². The molecule has 1 aromatic rings. The van der Waals surface area contributed by atoms with Gasteiger partial charge < -0.3 is 14.6 Å². The van der Waals surface area contributed by atoms with Crippen LogP contribution in [0.1, 0.15) is 52.8 Å². The number of nitrogens with one attached hydrogen (secondary N) is 1. The van der Waals surface area contributed by atoms with E-state index in [4.69, 9.17) is 4.42 Å². The lowest BCUT2D eigenvalue weighted by Crippen LogP contribution is -2.35. The van der Waals surface area contributed by atoms with Gasteiger partial charge in [0.15, 0.2) is 0 Å². The van der Waals surface area contributed by atoms with Crippen molar-refractivity contribution in [3.63, 3.8) is 0 Å². The summed E-state index contributed by atoms with van der Waals surface area (Å²) in [7, 11) is 0. The minimum Gasteiger partial charge on any atom is -0.407 e. The monoisotopic (exact) mass is 266 g/mol. The molecule has 0 radical (unpaired) electrons. The molecule has 1 atom stereocenters. The average molecular weight is 266 g/mol. The van der Waals surface area contributed by atoms with E-state index in [2.05, 4.69) is 48.1 Å². The number of piperidine rings is 1. The summed E-state index contributed by atoms with van der Waals surface area (Å²) < 4.78 is 5.75. The number of hydrogen-bond acceptors (Lipinski definition) is 5. The Hall–Kier alpha value is -1.10. The van der Waals surface area contributed by atoms with E-state index in [0.29, 0.717) is 18.5 Å². The summed E-state index contributed by atoms with van der Waals surface area (Å²) in [5, 5.41) is 11.7. The summed E-state index contributed by atoms with van der Waals surface area (Å²) in [6.45, 7) is 11.3. The second-order valence-corrected chi connectivity index (χ2v) is 6.44. The molecule has 0 aliphatic carbocycles. The molecule has 2 heterocycles. The van der Waals surface area contributed by atoms with E-state index in [9.17, 15) is 0 Å². The molecule has 5 nitrogen and oxygen atoms in total. The zero-order valence-electron chi connectivity index (χ0n) is 12.6. The molecule has 1 aliphatic rings. The Morgan fingerprint density at radius 2 is 2.16 bits per heavy atom. The predicted molar refractivity (Wildman–Crippen MR) is 76.1 cm³/mol. The first-order valence-electron chi connectivity index (χ1n) is 7.30. The molecular formula is C14H26N4O. The minimum atomic E-state index is 0.0626. The Morgan fingerprint density at radius 1 is 1.37 bits per heavy atom. The lowest BCUT2D eigenvalue weighted by atomic mass is 9.96. The van der Waals surface area contributed by atoms with Crippen molar-refractivity contribution in [1.29, 1.82) is 0 Å². The van der Waals surface area contributed by atoms with Crippen molar-refractivity contribution >= 4 is 6.01 Å². The van der Waals surface area contributed by atoms with Crippen LogP contribution in [0, 0.1) is 5.92 Å². The van der Waals surface area contributed by atoms with Gasteiger partial charge in [0.25, 0.3) is 0 Å². The van der Waals surface area contributed by atoms with Crippen molar-refractivity contribution in [2.75, 3.05) is 18.0 Å². The van der Waals surface area contributed by atoms with E-state index in [1.807, 2.05) is 0 Å². The Morgan fingerprint density at radius 3 is 2.84 bits per heavy atom. The lowest BCUT2D eigenvalue weighted by Gasteiger charge is -2.30. The third-order valence-electron chi connectivity index (χ3n) is 3.59. The molecule has 2 rings (SSSR count). The maximum atomic E-state index is 5.75. The van der Waals surface area contributed by atoms with E-state index in [-0.39, 0.29) is 5.54 Å². The molecular weight excluding hydrogens is 240 g/mol. The van der Waals surface area contributed by atoms with E-state index >= 15 is 0 Å². The Kier molecular flexibility index (Phi) is 4.45. The first kappa shape index (κ1) is 14.3. The van der Waals surface area contributed by atoms with Crippen LogP contribution in [0.25, 0.3) is 0 Å². The van der Waals surface area contributed by atoms with Crippen LogP contribution >= 0.6 is 0 Å². The third-order valence-corrected chi connectivity index (χ3v) is 3.59. The fourth-order valence-corrected chi connectivity index (χ4v) is 2.36. The van der Waals surface area contributed by atoms with Gasteiger partial charge in [0.2, 0.25) is 5.89 Å². The molecule has 0 spiro atoms. The van der Waals surface area contributed by atoms with Crippen LogP contribution < -0.4 is 10.2 Å². The zero-order chi connectivity index (χ0) is 13.9. The van der Waals surface area contributed by atoms with Gasteiger partial charge in [-0.05, 0) is 39.5 Å². The second-order valence-electron chi connectivity index (χ2n) is 6.44. The summed E-state index contributed by atoms with van der Waals surface area (Å²) in [6.07, 6.45) is 3.76. The Balaban J connectivity index is 1.93. The lowest BCUT2D eigenvalue weighted by molar-refractivity contribution is 0.362. The summed E-state index contributed by atoms with van der Waals surface area (Å²) in [5.74, 6) is 1.43. The SMILES string of the molecule is CCC1CCCN(c2nnc(CNC(C)(C)C)o2)C1. The fourth-order valence-electron chi connectivity index (χ4n) is 2.36. The van der Waals surface area contributed by atoms with Gasteiger partial charge in [-0.1, -0.05) is 18.4 Å². The number of rotatable bonds is 4. The van der Waals surface area contributed by atoms with E-state index in [0.717, 1.165) is 19.0 Å². The molecule has 1 saturated heterocycles. The van der Waals surface area contributed by atoms with E-state index in [1.54, 1.807) is 0 Å². The maximum Gasteiger partial charge on any atom is 0.318 e. The molecule has 0 bridgehead atoms. The largest absolute Gasteiger partial charge is 0.407 e. The molecule has 0 aromatic carbocycles. The first-order chi connectivity index (χ1) is 8.98. The number of anilines is 1. The molecule has 1 N–H and O–H groups in total. The van der Waals surface area contributed by atoms with Crippen molar-refractivity contribution in [2.45, 2.75) is 59.0 Å². The molecule has 1 aromatic heterocycles. The highest BCUT2D eigenvalue weighted by molar-refractivity contribution is 5.25. The van der Waals surface area contributed by atoms with E-state index < -0.39 is 0 Å². The minimum absolute atomic E-state index is 0.0626. The highest BCUT2D eigenvalue weighted by atomic mass is 16.4. The topological polar surface area (TPSA) is 54.2 Å². The summed E-state index contributed by atoms with van der Waals surface area (Å²) >= 11 is 0. The number of hydrogen-bond donors (Lipinski definition) is 1. The molecule has 19 heavy (non-hydrogen) atoms. The number of aromatic nitrogens is 2. The molecule has 1 fully saturated rings. The molecule has 0 saturated carbocycles. The smallest absolute Gasteiger partial charge is 0.318 e. The summed E-state index contributed by atoms with van der Waals surface area (Å²) in [4.78, 5) is 2.23. The normalized spacial score (nSPS) is 20.8. The highest BCUT2D eigenvalue weighted by Crippen LogP contribution is 2.23. The van der Waals surface area contributed by atoms with Crippen LogP contribution in [0.4, 0.5) is 6.01 Å². The van der Waals surface area contributed by atoms with Crippen LogP contribution in [-0.2, 0) is 6.54 Å². The van der Waals surface area contributed by atoms with Crippen molar-refractivity contribution in [3.8, 4) is 0 Å². The van der Waals surface area contributed by atoms with Crippen molar-refractivity contribution in [2.24, 2.45) is 5.92 Å². The van der Waals surface area contributed by atoms with Crippen LogP contribution in [0.3, 0.4) is 0 Å². The van der Waals surface area contributed by atoms with Gasteiger partial charge in [-0.3, -0.25) is 0 Å². The molecule has 1 unspecified atom stereocenters. The second kappa shape index (κ2) is 5.90.